The van der Waals surface area contributed by atoms with E-state index in [9.17, 15) is 14.4 Å². The number of hydrogen-bond acceptors (Lipinski definition) is 8. The minimum Gasteiger partial charge on any atom is -0.467 e. The zero-order valence-electron chi connectivity index (χ0n) is 22.2. The van der Waals surface area contributed by atoms with Gasteiger partial charge >= 0.3 is 18.2 Å². The Morgan fingerprint density at radius 1 is 0.892 bits per heavy atom. The van der Waals surface area contributed by atoms with Gasteiger partial charge in [0.1, 0.15) is 11.2 Å². The summed E-state index contributed by atoms with van der Waals surface area (Å²) in [6.07, 6.45) is -1.95. The lowest BCUT2D eigenvalue weighted by Gasteiger charge is -2.32. The summed E-state index contributed by atoms with van der Waals surface area (Å²) in [7, 11) is 1.21. The van der Waals surface area contributed by atoms with Gasteiger partial charge in [-0.2, -0.15) is 4.90 Å². The molecule has 1 unspecified atom stereocenters. The van der Waals surface area contributed by atoms with Crippen molar-refractivity contribution in [2.75, 3.05) is 12.9 Å². The lowest BCUT2D eigenvalue weighted by Crippen LogP contribution is -2.53. The quantitative estimate of drug-likeness (QED) is 0.182. The number of imide groups is 1. The Balaban J connectivity index is 1.83. The Labute approximate surface area is 226 Å². The number of thiophene rings is 1. The Morgan fingerprint density at radius 2 is 1.46 bits per heavy atom. The van der Waals surface area contributed by atoms with Gasteiger partial charge in [0.2, 0.25) is 0 Å². The first-order valence-corrected chi connectivity index (χ1v) is 13.7. The highest BCUT2D eigenvalue weighted by Gasteiger charge is 2.41. The number of amides is 2. The van der Waals surface area contributed by atoms with Gasteiger partial charge in [0.05, 0.1) is 7.11 Å². The van der Waals surface area contributed by atoms with Crippen LogP contribution >= 0.6 is 23.1 Å². The van der Waals surface area contributed by atoms with E-state index in [0.29, 0.717) is 4.90 Å². The Kier molecular flexibility index (Phi) is 8.92. The minimum atomic E-state index is -1.25. The molecule has 0 spiro atoms. The van der Waals surface area contributed by atoms with Crippen LogP contribution in [0.4, 0.5) is 9.59 Å². The summed E-state index contributed by atoms with van der Waals surface area (Å²) in [5.74, 6) is -0.683. The number of nitrogens with zero attached hydrogens (tertiary/aromatic N) is 1. The number of thioether (sulfide) groups is 1. The molecule has 2 amide bonds. The smallest absolute Gasteiger partial charge is 0.420 e. The molecule has 3 rings (SSSR count). The van der Waals surface area contributed by atoms with E-state index in [1.54, 1.807) is 52.9 Å². The molecule has 0 radical (unpaired) electrons. The summed E-state index contributed by atoms with van der Waals surface area (Å²) in [6.45, 7) is 10.1. The van der Waals surface area contributed by atoms with Gasteiger partial charge in [-0.3, -0.25) is 0 Å². The van der Waals surface area contributed by atoms with Crippen LogP contribution in [0.5, 0.6) is 0 Å². The molecule has 7 nitrogen and oxygen atoms in total. The van der Waals surface area contributed by atoms with Gasteiger partial charge in [0.15, 0.2) is 6.04 Å². The van der Waals surface area contributed by atoms with Gasteiger partial charge in [-0.05, 0) is 70.7 Å². The predicted molar refractivity (Wildman–Crippen MR) is 148 cm³/mol. The van der Waals surface area contributed by atoms with Crippen molar-refractivity contribution in [3.8, 4) is 11.1 Å². The van der Waals surface area contributed by atoms with Crippen molar-refractivity contribution in [1.29, 1.82) is 0 Å². The van der Waals surface area contributed by atoms with Gasteiger partial charge in [0.25, 0.3) is 0 Å². The van der Waals surface area contributed by atoms with Crippen LogP contribution in [0.1, 0.15) is 41.5 Å². The van der Waals surface area contributed by atoms with E-state index in [1.165, 1.54) is 29.0 Å². The molecular formula is C28H33NO6S2. The van der Waals surface area contributed by atoms with Gasteiger partial charge in [-0.15, -0.1) is 23.1 Å². The third-order valence-corrected chi connectivity index (χ3v) is 7.07. The highest BCUT2D eigenvalue weighted by Crippen LogP contribution is 2.35. The van der Waals surface area contributed by atoms with Crippen LogP contribution in [0, 0.1) is 0 Å². The van der Waals surface area contributed by atoms with E-state index >= 15 is 0 Å². The molecular weight excluding hydrogens is 510 g/mol. The summed E-state index contributed by atoms with van der Waals surface area (Å²) in [5, 5.41) is 3.34. The summed E-state index contributed by atoms with van der Waals surface area (Å²) in [4.78, 5) is 40.4. The van der Waals surface area contributed by atoms with Gasteiger partial charge in [-0.25, -0.2) is 14.4 Å². The van der Waals surface area contributed by atoms with Crippen molar-refractivity contribution in [3.63, 3.8) is 0 Å². The number of carbonyl (C=O) groups excluding carboxylic acids is 3. The fourth-order valence-corrected chi connectivity index (χ4v) is 5.38. The molecule has 0 fully saturated rings. The highest BCUT2D eigenvalue weighted by atomic mass is 32.2. The number of rotatable bonds is 6. The number of carbonyl (C=O) groups is 3. The lowest BCUT2D eigenvalue weighted by atomic mass is 10.1. The second-order valence-corrected chi connectivity index (χ2v) is 12.4. The van der Waals surface area contributed by atoms with Crippen LogP contribution < -0.4 is 0 Å². The molecule has 0 saturated carbocycles. The average Bonchev–Trinajstić information content (AvgIpc) is 3.23. The topological polar surface area (TPSA) is 82.1 Å². The van der Waals surface area contributed by atoms with Crippen LogP contribution in [0.2, 0.25) is 0 Å². The molecule has 0 aliphatic rings. The zero-order valence-corrected chi connectivity index (χ0v) is 23.8. The van der Waals surface area contributed by atoms with Gasteiger partial charge in [-0.1, -0.05) is 30.3 Å². The zero-order chi connectivity index (χ0) is 27.4. The van der Waals surface area contributed by atoms with Crippen LogP contribution in [0.3, 0.4) is 0 Å². The van der Waals surface area contributed by atoms with Crippen molar-refractivity contribution in [2.45, 2.75) is 63.7 Å². The number of methoxy groups -OCH3 is 1. The summed E-state index contributed by atoms with van der Waals surface area (Å²) < 4.78 is 17.0. The van der Waals surface area contributed by atoms with E-state index in [4.69, 9.17) is 14.2 Å². The van der Waals surface area contributed by atoms with E-state index in [2.05, 4.69) is 17.5 Å². The molecule has 0 N–H and O–H groups in total. The van der Waals surface area contributed by atoms with Gasteiger partial charge < -0.3 is 14.2 Å². The summed E-state index contributed by atoms with van der Waals surface area (Å²) in [5.41, 5.74) is 0.473. The Hall–Kier alpha value is -3.04. The Morgan fingerprint density at radius 3 is 2.00 bits per heavy atom. The predicted octanol–water partition coefficient (Wildman–Crippen LogP) is 7.37. The number of ether oxygens (including phenoxy) is 3. The molecule has 0 aliphatic heterocycles. The molecule has 1 heterocycles. The first-order valence-electron chi connectivity index (χ1n) is 11.8. The minimum absolute atomic E-state index is 0.0614. The number of benzene rings is 2. The third kappa shape index (κ3) is 7.72. The molecule has 3 aromatic rings. The maximum Gasteiger partial charge on any atom is 0.420 e. The normalized spacial score (nSPS) is 12.6. The number of fused-ring (bicyclic) bond motifs is 1. The molecule has 0 saturated heterocycles. The van der Waals surface area contributed by atoms with Crippen LogP contribution in [0.25, 0.3) is 21.2 Å². The monoisotopic (exact) mass is 543 g/mol. The summed E-state index contributed by atoms with van der Waals surface area (Å²) in [6, 6.07) is 14.9. The number of esters is 1. The van der Waals surface area contributed by atoms with Crippen molar-refractivity contribution < 1.29 is 28.6 Å². The standard InChI is InChI=1S/C28H33NO6S2/c1-27(2,3)34-25(31)29(26(32)35-28(4,5)6)22(24(30)33-7)17-36-19-14-12-18(13-15-19)21-16-37-23-11-9-8-10-20(21)23/h8-16,22H,17H2,1-7H3. The first kappa shape index (κ1) is 28.5. The summed E-state index contributed by atoms with van der Waals surface area (Å²) >= 11 is 3.02. The molecule has 1 atom stereocenters. The highest BCUT2D eigenvalue weighted by molar-refractivity contribution is 7.99. The molecule has 9 heteroatoms. The van der Waals surface area contributed by atoms with Crippen molar-refractivity contribution in [2.24, 2.45) is 0 Å². The second kappa shape index (κ2) is 11.6. The molecule has 1 aromatic heterocycles. The van der Waals surface area contributed by atoms with Crippen LogP contribution in [-0.2, 0) is 19.0 Å². The van der Waals surface area contributed by atoms with E-state index in [0.717, 1.165) is 16.0 Å². The first-order chi connectivity index (χ1) is 17.3. The van der Waals surface area contributed by atoms with Crippen LogP contribution in [0.15, 0.2) is 58.8 Å². The van der Waals surface area contributed by atoms with Crippen molar-refractivity contribution >= 4 is 51.3 Å². The van der Waals surface area contributed by atoms with Crippen molar-refractivity contribution in [3.05, 3.63) is 53.9 Å². The molecule has 0 aliphatic carbocycles. The van der Waals surface area contributed by atoms with Crippen molar-refractivity contribution in [1.82, 2.24) is 4.90 Å². The SMILES string of the molecule is COC(=O)C(CSc1ccc(-c2csc3ccccc23)cc1)N(C(=O)OC(C)(C)C)C(=O)OC(C)(C)C. The maximum atomic E-state index is 13.0. The Bertz CT molecular complexity index is 1230. The molecule has 0 bridgehead atoms. The van der Waals surface area contributed by atoms with E-state index < -0.39 is 35.4 Å². The maximum absolute atomic E-state index is 13.0. The second-order valence-electron chi connectivity index (χ2n) is 10.4. The van der Waals surface area contributed by atoms with E-state index in [1.807, 2.05) is 36.4 Å². The fourth-order valence-electron chi connectivity index (χ4n) is 3.44. The lowest BCUT2D eigenvalue weighted by molar-refractivity contribution is -0.145. The largest absolute Gasteiger partial charge is 0.467 e. The third-order valence-electron chi connectivity index (χ3n) is 5.02. The fraction of sp³-hybridized carbons (Fsp3) is 0.393. The molecule has 198 valence electrons. The molecule has 37 heavy (non-hydrogen) atoms. The number of hydrogen-bond donors (Lipinski definition) is 0. The molecule has 2 aromatic carbocycles. The van der Waals surface area contributed by atoms with E-state index in [-0.39, 0.29) is 5.75 Å². The van der Waals surface area contributed by atoms with Crippen LogP contribution in [-0.4, -0.2) is 53.2 Å². The van der Waals surface area contributed by atoms with Gasteiger partial charge in [0, 0.05) is 26.3 Å². The average molecular weight is 544 g/mol.